The van der Waals surface area contributed by atoms with Crippen molar-refractivity contribution >= 4 is 21.6 Å². The third-order valence-corrected chi connectivity index (χ3v) is 5.99. The molecule has 7 heteroatoms. The van der Waals surface area contributed by atoms with E-state index in [2.05, 4.69) is 9.62 Å². The van der Waals surface area contributed by atoms with Crippen molar-refractivity contribution in [2.45, 2.75) is 37.3 Å². The lowest BCUT2D eigenvalue weighted by atomic mass is 10.2. The minimum Gasteiger partial charge on any atom is -0.376 e. The van der Waals surface area contributed by atoms with Crippen LogP contribution in [0.1, 0.15) is 18.9 Å². The molecule has 0 unspecified atom stereocenters. The zero-order valence-corrected chi connectivity index (χ0v) is 14.1. The Morgan fingerprint density at radius 2 is 2.14 bits per heavy atom. The first-order valence-electron chi connectivity index (χ1n) is 7.52. The molecule has 1 aromatic rings. The van der Waals surface area contributed by atoms with Crippen molar-refractivity contribution in [2.75, 3.05) is 19.7 Å². The molecule has 122 valence electrons. The smallest absolute Gasteiger partial charge is 0.216 e. The molecule has 2 saturated heterocycles. The van der Waals surface area contributed by atoms with E-state index in [4.69, 9.17) is 16.3 Å². The van der Waals surface area contributed by atoms with Gasteiger partial charge in [-0.1, -0.05) is 29.8 Å². The number of halogens is 1. The van der Waals surface area contributed by atoms with E-state index in [9.17, 15) is 8.42 Å². The molecule has 1 aromatic carbocycles. The standard InChI is InChI=1S/C15H21ClN2O3S/c1-11-7-18-8-13(6-14(18)9-21-11)17-22(19,20)10-12-4-2-3-5-15(12)16/h2-5,11,13-14,17H,6-10H2,1H3/t11-,13-,14-/m0/s1. The van der Waals surface area contributed by atoms with E-state index < -0.39 is 10.0 Å². The zero-order chi connectivity index (χ0) is 15.7. The molecule has 2 heterocycles. The fourth-order valence-electron chi connectivity index (χ4n) is 3.24. The Morgan fingerprint density at radius 3 is 2.91 bits per heavy atom. The topological polar surface area (TPSA) is 58.6 Å². The molecular formula is C15H21ClN2O3S. The Hall–Kier alpha value is -0.660. The SMILES string of the molecule is C[C@H]1CN2C[C@@H](NS(=O)(=O)Cc3ccccc3Cl)C[C@H]2CO1. The number of hydrogen-bond acceptors (Lipinski definition) is 4. The maximum atomic E-state index is 12.4. The average Bonchev–Trinajstić information content (AvgIpc) is 2.81. The first kappa shape index (κ1) is 16.2. The third kappa shape index (κ3) is 3.81. The van der Waals surface area contributed by atoms with Crippen molar-refractivity contribution in [2.24, 2.45) is 0 Å². The Kier molecular flexibility index (Phi) is 4.75. The molecule has 0 aromatic heterocycles. The fraction of sp³-hybridized carbons (Fsp3) is 0.600. The summed E-state index contributed by atoms with van der Waals surface area (Å²) in [7, 11) is -3.40. The van der Waals surface area contributed by atoms with E-state index >= 15 is 0 Å². The number of fused-ring (bicyclic) bond motifs is 1. The predicted octanol–water partition coefficient (Wildman–Crippen LogP) is 1.62. The summed E-state index contributed by atoms with van der Waals surface area (Å²) in [6.45, 7) is 4.35. The summed E-state index contributed by atoms with van der Waals surface area (Å²) in [5, 5.41) is 0.485. The van der Waals surface area contributed by atoms with Gasteiger partial charge in [-0.25, -0.2) is 13.1 Å². The molecule has 0 spiro atoms. The number of rotatable bonds is 4. The summed E-state index contributed by atoms with van der Waals surface area (Å²) >= 11 is 6.05. The van der Waals surface area contributed by atoms with Gasteiger partial charge in [-0.2, -0.15) is 0 Å². The number of hydrogen-bond donors (Lipinski definition) is 1. The quantitative estimate of drug-likeness (QED) is 0.901. The van der Waals surface area contributed by atoms with Crippen molar-refractivity contribution in [1.29, 1.82) is 0 Å². The van der Waals surface area contributed by atoms with Crippen LogP contribution in [-0.4, -0.2) is 51.2 Å². The highest BCUT2D eigenvalue weighted by Crippen LogP contribution is 2.24. The van der Waals surface area contributed by atoms with E-state index in [0.717, 1.165) is 19.5 Å². The van der Waals surface area contributed by atoms with E-state index in [-0.39, 0.29) is 17.9 Å². The van der Waals surface area contributed by atoms with Crippen molar-refractivity contribution in [1.82, 2.24) is 9.62 Å². The van der Waals surface area contributed by atoms with Gasteiger partial charge in [0.05, 0.1) is 18.5 Å². The van der Waals surface area contributed by atoms with Crippen LogP contribution in [0.3, 0.4) is 0 Å². The highest BCUT2D eigenvalue weighted by Gasteiger charge is 2.37. The van der Waals surface area contributed by atoms with Crippen molar-refractivity contribution in [3.8, 4) is 0 Å². The first-order chi connectivity index (χ1) is 10.4. The lowest BCUT2D eigenvalue weighted by Gasteiger charge is -2.33. The van der Waals surface area contributed by atoms with Gasteiger partial charge in [-0.05, 0) is 25.0 Å². The zero-order valence-electron chi connectivity index (χ0n) is 12.5. The molecule has 3 rings (SSSR count). The van der Waals surface area contributed by atoms with E-state index in [1.165, 1.54) is 0 Å². The van der Waals surface area contributed by atoms with E-state index in [0.29, 0.717) is 23.2 Å². The van der Waals surface area contributed by atoms with Gasteiger partial charge < -0.3 is 4.74 Å². The predicted molar refractivity (Wildman–Crippen MR) is 86.4 cm³/mol. The van der Waals surface area contributed by atoms with Gasteiger partial charge in [0, 0.05) is 30.2 Å². The maximum Gasteiger partial charge on any atom is 0.216 e. The molecule has 1 N–H and O–H groups in total. The summed E-state index contributed by atoms with van der Waals surface area (Å²) < 4.78 is 33.2. The second-order valence-electron chi connectivity index (χ2n) is 6.15. The summed E-state index contributed by atoms with van der Waals surface area (Å²) in [5.41, 5.74) is 0.629. The van der Waals surface area contributed by atoms with Crippen LogP contribution in [0, 0.1) is 0 Å². The van der Waals surface area contributed by atoms with Crippen LogP contribution in [0.25, 0.3) is 0 Å². The van der Waals surface area contributed by atoms with Gasteiger partial charge in [0.1, 0.15) is 0 Å². The lowest BCUT2D eigenvalue weighted by Crippen LogP contribution is -2.45. The maximum absolute atomic E-state index is 12.4. The Bertz CT molecular complexity index is 637. The normalized spacial score (nSPS) is 29.5. The fourth-order valence-corrected chi connectivity index (χ4v) is 4.95. The number of morpholine rings is 1. The highest BCUT2D eigenvalue weighted by molar-refractivity contribution is 7.88. The monoisotopic (exact) mass is 344 g/mol. The van der Waals surface area contributed by atoms with Gasteiger partial charge in [0.15, 0.2) is 0 Å². The first-order valence-corrected chi connectivity index (χ1v) is 9.55. The van der Waals surface area contributed by atoms with E-state index in [1.54, 1.807) is 24.3 Å². The number of nitrogens with zero attached hydrogens (tertiary/aromatic N) is 1. The number of nitrogens with one attached hydrogen (secondary N) is 1. The van der Waals surface area contributed by atoms with Gasteiger partial charge >= 0.3 is 0 Å². The molecule has 2 aliphatic rings. The largest absolute Gasteiger partial charge is 0.376 e. The van der Waals surface area contributed by atoms with Gasteiger partial charge in [0.25, 0.3) is 0 Å². The number of benzene rings is 1. The molecule has 2 fully saturated rings. The second-order valence-corrected chi connectivity index (χ2v) is 8.31. The van der Waals surface area contributed by atoms with Gasteiger partial charge in [0.2, 0.25) is 10.0 Å². The molecule has 0 aliphatic carbocycles. The summed E-state index contributed by atoms with van der Waals surface area (Å²) in [4.78, 5) is 2.32. The molecule has 3 atom stereocenters. The minimum absolute atomic E-state index is 0.0496. The van der Waals surface area contributed by atoms with Gasteiger partial charge in [-0.3, -0.25) is 4.90 Å². The van der Waals surface area contributed by atoms with Gasteiger partial charge in [-0.15, -0.1) is 0 Å². The van der Waals surface area contributed by atoms with Crippen LogP contribution in [0.2, 0.25) is 5.02 Å². The van der Waals surface area contributed by atoms with Crippen LogP contribution >= 0.6 is 11.6 Å². The minimum atomic E-state index is -3.40. The second kappa shape index (κ2) is 6.45. The molecule has 22 heavy (non-hydrogen) atoms. The Labute approximate surface area is 136 Å². The van der Waals surface area contributed by atoms with E-state index in [1.807, 2.05) is 6.92 Å². The van der Waals surface area contributed by atoms with Crippen LogP contribution in [0.4, 0.5) is 0 Å². The lowest BCUT2D eigenvalue weighted by molar-refractivity contribution is -0.0390. The summed E-state index contributed by atoms with van der Waals surface area (Å²) in [5.74, 6) is -0.0826. The highest BCUT2D eigenvalue weighted by atomic mass is 35.5. The van der Waals surface area contributed by atoms with Crippen molar-refractivity contribution in [3.63, 3.8) is 0 Å². The molecule has 0 radical (unpaired) electrons. The summed E-state index contributed by atoms with van der Waals surface area (Å²) in [6.07, 6.45) is 1.02. The van der Waals surface area contributed by atoms with Crippen LogP contribution in [0.5, 0.6) is 0 Å². The van der Waals surface area contributed by atoms with Crippen LogP contribution < -0.4 is 4.72 Å². The molecule has 0 bridgehead atoms. The van der Waals surface area contributed by atoms with Crippen molar-refractivity contribution < 1.29 is 13.2 Å². The van der Waals surface area contributed by atoms with Crippen LogP contribution in [0.15, 0.2) is 24.3 Å². The van der Waals surface area contributed by atoms with Crippen molar-refractivity contribution in [3.05, 3.63) is 34.9 Å². The summed E-state index contributed by atoms with van der Waals surface area (Å²) in [6, 6.07) is 7.32. The Balaban J connectivity index is 1.62. The third-order valence-electron chi connectivity index (χ3n) is 4.24. The Morgan fingerprint density at radius 1 is 1.36 bits per heavy atom. The molecular weight excluding hydrogens is 324 g/mol. The number of ether oxygens (including phenoxy) is 1. The molecule has 0 amide bonds. The molecule has 2 aliphatic heterocycles. The molecule has 0 saturated carbocycles. The average molecular weight is 345 g/mol. The number of sulfonamides is 1. The van der Waals surface area contributed by atoms with Crippen LogP contribution in [-0.2, 0) is 20.5 Å². The molecule has 5 nitrogen and oxygen atoms in total.